The quantitative estimate of drug-likeness (QED) is 0.116. The van der Waals surface area contributed by atoms with Crippen LogP contribution >= 0.6 is 0 Å². The zero-order valence-corrected chi connectivity index (χ0v) is 32.1. The summed E-state index contributed by atoms with van der Waals surface area (Å²) in [6.07, 6.45) is 0.631. The van der Waals surface area contributed by atoms with E-state index in [9.17, 15) is 19.5 Å². The summed E-state index contributed by atoms with van der Waals surface area (Å²) in [5.41, 5.74) is 6.24. The molecule has 3 amide bonds. The number of nitrogens with one attached hydrogen (secondary N) is 3. The Morgan fingerprint density at radius 2 is 1.62 bits per heavy atom. The van der Waals surface area contributed by atoms with Crippen LogP contribution in [0.4, 0.5) is 9.59 Å². The fourth-order valence-electron chi connectivity index (χ4n) is 8.59. The number of methoxy groups -OCH3 is 2. The van der Waals surface area contributed by atoms with Crippen molar-refractivity contribution in [3.05, 3.63) is 71.8 Å². The van der Waals surface area contributed by atoms with Gasteiger partial charge in [0.25, 0.3) is 0 Å². The Morgan fingerprint density at radius 3 is 2.34 bits per heavy atom. The lowest BCUT2D eigenvalue weighted by Gasteiger charge is -2.29. The lowest BCUT2D eigenvalue weighted by molar-refractivity contribution is -0.135. The van der Waals surface area contributed by atoms with Gasteiger partial charge in [0.1, 0.15) is 17.7 Å². The number of amides is 3. The Balaban J connectivity index is 1.13. The topological polar surface area (TPSA) is 166 Å². The maximum absolute atomic E-state index is 13.8. The van der Waals surface area contributed by atoms with E-state index in [1.807, 2.05) is 37.8 Å². The number of aromatic nitrogens is 4. The van der Waals surface area contributed by atoms with Gasteiger partial charge in [-0.15, -0.1) is 5.92 Å². The summed E-state index contributed by atoms with van der Waals surface area (Å²) in [6, 6.07) is 17.4. The molecule has 2 saturated heterocycles. The Morgan fingerprint density at radius 1 is 0.911 bits per heavy atom. The standard InChI is InChI=1S/C43H45N7O6/c1-6-8-27-20-33-38(47-39(45-33)34-9-7-16-49(34)41(51)36(23(2)3)48-42(52)56-5)30-14-11-26(19-31(27)30)25-10-13-29-28(18-25)12-15-32-37(29)46-40(44-32)35-17-24(22-55-4)21-50(35)43(53)54/h10-15,18-20,23-24,34-36H,7,9,16-17,21-22H2,1-5H3,(H,44,46)(H,45,47)(H,48,52)(H,53,54)/t24?,34-,35?,36-/m0/s1. The molecule has 0 radical (unpaired) electrons. The molecule has 4 atom stereocenters. The molecule has 56 heavy (non-hydrogen) atoms. The van der Waals surface area contributed by atoms with Crippen molar-refractivity contribution >= 4 is 61.7 Å². The van der Waals surface area contributed by atoms with E-state index < -0.39 is 18.2 Å². The van der Waals surface area contributed by atoms with Crippen molar-refractivity contribution in [2.45, 2.75) is 58.2 Å². The molecule has 2 aliphatic heterocycles. The molecule has 13 nitrogen and oxygen atoms in total. The monoisotopic (exact) mass is 755 g/mol. The number of fused-ring (bicyclic) bond motifs is 6. The number of carboxylic acid groups (broad SMARTS) is 1. The van der Waals surface area contributed by atoms with E-state index in [0.717, 1.165) is 73.1 Å². The number of carbonyl (C=O) groups is 3. The van der Waals surface area contributed by atoms with Crippen molar-refractivity contribution in [3.63, 3.8) is 0 Å². The summed E-state index contributed by atoms with van der Waals surface area (Å²) in [6.45, 7) is 7.11. The molecule has 0 saturated carbocycles. The summed E-state index contributed by atoms with van der Waals surface area (Å²) in [5, 5.41) is 16.6. The number of aromatic amines is 2. The number of imidazole rings is 2. The lowest BCUT2D eigenvalue weighted by Crippen LogP contribution is -2.51. The van der Waals surface area contributed by atoms with Gasteiger partial charge in [-0.25, -0.2) is 19.6 Å². The number of benzene rings is 4. The smallest absolute Gasteiger partial charge is 0.407 e. The van der Waals surface area contributed by atoms with Crippen molar-refractivity contribution in [1.29, 1.82) is 0 Å². The molecule has 4 aromatic carbocycles. The Labute approximate surface area is 323 Å². The summed E-state index contributed by atoms with van der Waals surface area (Å²) < 4.78 is 10.1. The highest BCUT2D eigenvalue weighted by atomic mass is 16.5. The zero-order valence-electron chi connectivity index (χ0n) is 32.1. The highest BCUT2D eigenvalue weighted by molar-refractivity contribution is 6.09. The lowest BCUT2D eigenvalue weighted by atomic mass is 9.95. The first kappa shape index (κ1) is 36.8. The van der Waals surface area contributed by atoms with Gasteiger partial charge in [0.15, 0.2) is 0 Å². The molecule has 2 fully saturated rings. The third-order valence-corrected chi connectivity index (χ3v) is 11.3. The van der Waals surface area contributed by atoms with Gasteiger partial charge in [-0.1, -0.05) is 50.1 Å². The maximum atomic E-state index is 13.8. The molecule has 0 bridgehead atoms. The first-order chi connectivity index (χ1) is 27.1. The van der Waals surface area contributed by atoms with E-state index in [0.29, 0.717) is 37.8 Å². The van der Waals surface area contributed by atoms with Crippen LogP contribution in [-0.2, 0) is 14.3 Å². The number of carbonyl (C=O) groups excluding carboxylic acids is 2. The zero-order chi connectivity index (χ0) is 39.2. The molecule has 4 N–H and O–H groups in total. The van der Waals surface area contributed by atoms with Crippen LogP contribution in [0, 0.1) is 23.7 Å². The van der Waals surface area contributed by atoms with E-state index >= 15 is 0 Å². The largest absolute Gasteiger partial charge is 0.465 e. The van der Waals surface area contributed by atoms with Crippen LogP contribution in [0.25, 0.3) is 54.7 Å². The molecule has 6 aromatic rings. The van der Waals surface area contributed by atoms with Gasteiger partial charge in [0.2, 0.25) is 5.91 Å². The molecule has 13 heteroatoms. The number of H-pyrrole nitrogens is 2. The van der Waals surface area contributed by atoms with E-state index in [1.165, 1.54) is 12.0 Å². The third kappa shape index (κ3) is 6.53. The molecule has 0 spiro atoms. The molecule has 4 heterocycles. The number of rotatable bonds is 8. The average Bonchev–Trinajstić information content (AvgIpc) is 4.01. The van der Waals surface area contributed by atoms with Crippen molar-refractivity contribution < 1.29 is 29.0 Å². The van der Waals surface area contributed by atoms with Gasteiger partial charge in [-0.05, 0) is 72.9 Å². The van der Waals surface area contributed by atoms with Crippen molar-refractivity contribution in [2.75, 3.05) is 33.9 Å². The average molecular weight is 756 g/mol. The van der Waals surface area contributed by atoms with Crippen LogP contribution in [0.3, 0.4) is 0 Å². The van der Waals surface area contributed by atoms with Crippen molar-refractivity contribution in [1.82, 2.24) is 35.1 Å². The first-order valence-electron chi connectivity index (χ1n) is 19.0. The molecule has 2 aliphatic rings. The second kappa shape index (κ2) is 14.8. The Bertz CT molecular complexity index is 2580. The highest BCUT2D eigenvalue weighted by Crippen LogP contribution is 2.39. The minimum Gasteiger partial charge on any atom is -0.465 e. The number of ether oxygens (including phenoxy) is 2. The number of likely N-dealkylation sites (tertiary alicyclic amines) is 2. The molecular weight excluding hydrogens is 711 g/mol. The van der Waals surface area contributed by atoms with Crippen LogP contribution in [0.1, 0.15) is 69.3 Å². The summed E-state index contributed by atoms with van der Waals surface area (Å²) in [5.74, 6) is 7.56. The number of hydrogen-bond acceptors (Lipinski definition) is 7. The van der Waals surface area contributed by atoms with Crippen molar-refractivity contribution in [2.24, 2.45) is 11.8 Å². The van der Waals surface area contributed by atoms with Crippen LogP contribution < -0.4 is 5.32 Å². The number of alkyl carbamates (subject to hydrolysis) is 1. The Hall–Kier alpha value is -6.13. The fraction of sp³-hybridized carbons (Fsp3) is 0.372. The summed E-state index contributed by atoms with van der Waals surface area (Å²) in [4.78, 5) is 58.2. The molecular formula is C43H45N7O6. The number of nitrogens with zero attached hydrogens (tertiary/aromatic N) is 4. The van der Waals surface area contributed by atoms with Crippen LogP contribution in [0.15, 0.2) is 54.6 Å². The normalized spacial score (nSPS) is 18.9. The van der Waals surface area contributed by atoms with Gasteiger partial charge in [0.05, 0.1) is 47.9 Å². The van der Waals surface area contributed by atoms with E-state index in [-0.39, 0.29) is 29.8 Å². The SMILES string of the molecule is CC#Cc1cc2[nH]c([C@@H]3CCCN3C(=O)[C@@H](NC(=O)OC)C(C)C)nc2c2ccc(-c3ccc4c(ccc5[nH]c(C6CC(COC)CN6C(=O)O)nc54)c3)cc12. The highest BCUT2D eigenvalue weighted by Gasteiger charge is 2.39. The Kier molecular flexibility index (Phi) is 9.76. The van der Waals surface area contributed by atoms with Gasteiger partial charge in [0, 0.05) is 47.8 Å². The van der Waals surface area contributed by atoms with E-state index in [2.05, 4.69) is 69.6 Å². The second-order valence-corrected chi connectivity index (χ2v) is 15.2. The first-order valence-corrected chi connectivity index (χ1v) is 19.0. The minimum absolute atomic E-state index is 0.111. The van der Waals surface area contributed by atoms with Gasteiger partial charge < -0.3 is 34.8 Å². The second-order valence-electron chi connectivity index (χ2n) is 15.2. The van der Waals surface area contributed by atoms with Crippen LogP contribution in [0.5, 0.6) is 0 Å². The fourth-order valence-corrected chi connectivity index (χ4v) is 8.59. The van der Waals surface area contributed by atoms with Gasteiger partial charge >= 0.3 is 12.2 Å². The molecule has 2 aromatic heterocycles. The van der Waals surface area contributed by atoms with Gasteiger partial charge in [-0.2, -0.15) is 0 Å². The van der Waals surface area contributed by atoms with E-state index in [1.54, 1.807) is 7.11 Å². The number of hydrogen-bond donors (Lipinski definition) is 4. The predicted molar refractivity (Wildman–Crippen MR) is 214 cm³/mol. The van der Waals surface area contributed by atoms with Crippen molar-refractivity contribution in [3.8, 4) is 23.0 Å². The molecule has 0 aliphatic carbocycles. The third-order valence-electron chi connectivity index (χ3n) is 11.3. The van der Waals surface area contributed by atoms with Crippen LogP contribution in [-0.4, -0.2) is 92.9 Å². The predicted octanol–water partition coefficient (Wildman–Crippen LogP) is 7.52. The van der Waals surface area contributed by atoms with Crippen LogP contribution in [0.2, 0.25) is 0 Å². The summed E-state index contributed by atoms with van der Waals surface area (Å²) in [7, 11) is 2.93. The minimum atomic E-state index is -0.959. The maximum Gasteiger partial charge on any atom is 0.407 e. The molecule has 288 valence electrons. The summed E-state index contributed by atoms with van der Waals surface area (Å²) >= 11 is 0. The molecule has 2 unspecified atom stereocenters. The van der Waals surface area contributed by atoms with Gasteiger partial charge in [-0.3, -0.25) is 9.69 Å². The molecule has 8 rings (SSSR count). The van der Waals surface area contributed by atoms with E-state index in [4.69, 9.17) is 19.4 Å².